The van der Waals surface area contributed by atoms with Crippen LogP contribution in [0.1, 0.15) is 23.3 Å². The maximum atomic E-state index is 13.1. The molecule has 5 rings (SSSR count). The van der Waals surface area contributed by atoms with Crippen LogP contribution in [0.4, 0.5) is 11.4 Å². The number of carbonyl (C=O) groups is 1. The summed E-state index contributed by atoms with van der Waals surface area (Å²) in [5.74, 6) is -0.236. The third kappa shape index (κ3) is 3.23. The van der Waals surface area contributed by atoms with Crippen molar-refractivity contribution in [3.8, 4) is 10.6 Å². The lowest BCUT2D eigenvalue weighted by Crippen LogP contribution is -2.22. The lowest BCUT2D eigenvalue weighted by atomic mass is 10.2. The highest BCUT2D eigenvalue weighted by molar-refractivity contribution is 7.13. The number of H-pyrrole nitrogens is 2. The zero-order chi connectivity index (χ0) is 20.0. The SMILES string of the molecule is Cn1nc(-c2cccs2)cc1C(=O)Nc1cc2[nH]c(=O)[nH]c2cc1N1CCCC1. The zero-order valence-corrected chi connectivity index (χ0v) is 16.7. The molecule has 0 aliphatic carbocycles. The first-order chi connectivity index (χ1) is 14.1. The van der Waals surface area contributed by atoms with Gasteiger partial charge in [-0.05, 0) is 42.5 Å². The molecule has 0 radical (unpaired) electrons. The van der Waals surface area contributed by atoms with Gasteiger partial charge < -0.3 is 20.2 Å². The monoisotopic (exact) mass is 408 g/mol. The molecule has 1 amide bonds. The summed E-state index contributed by atoms with van der Waals surface area (Å²) in [5, 5.41) is 9.49. The van der Waals surface area contributed by atoms with Crippen molar-refractivity contribution in [2.75, 3.05) is 23.3 Å². The Balaban J connectivity index is 1.51. The van der Waals surface area contributed by atoms with Crippen LogP contribution in [0.3, 0.4) is 0 Å². The molecule has 0 saturated carbocycles. The summed E-state index contributed by atoms with van der Waals surface area (Å²) in [7, 11) is 1.76. The Bertz CT molecular complexity index is 1240. The molecule has 0 bridgehead atoms. The van der Waals surface area contributed by atoms with Crippen LogP contribution in [0.15, 0.2) is 40.5 Å². The molecule has 4 aromatic rings. The van der Waals surface area contributed by atoms with Crippen LogP contribution in [0.25, 0.3) is 21.6 Å². The second-order valence-electron chi connectivity index (χ2n) is 7.16. The maximum absolute atomic E-state index is 13.1. The highest BCUT2D eigenvalue weighted by atomic mass is 32.1. The normalized spacial score (nSPS) is 14.0. The van der Waals surface area contributed by atoms with Gasteiger partial charge in [0.1, 0.15) is 11.4 Å². The summed E-state index contributed by atoms with van der Waals surface area (Å²) in [6.45, 7) is 1.86. The van der Waals surface area contributed by atoms with E-state index in [0.717, 1.165) is 47.7 Å². The van der Waals surface area contributed by atoms with Crippen LogP contribution in [0.2, 0.25) is 0 Å². The number of anilines is 2. The Hall–Kier alpha value is -3.33. The smallest absolute Gasteiger partial charge is 0.323 e. The Morgan fingerprint density at radius 1 is 1.17 bits per heavy atom. The molecule has 1 aromatic carbocycles. The zero-order valence-electron chi connectivity index (χ0n) is 15.9. The first-order valence-electron chi connectivity index (χ1n) is 9.49. The largest absolute Gasteiger partial charge is 0.370 e. The average molecular weight is 408 g/mol. The Kier molecular flexibility index (Phi) is 4.24. The number of rotatable bonds is 4. The van der Waals surface area contributed by atoms with E-state index >= 15 is 0 Å². The average Bonchev–Trinajstić information content (AvgIpc) is 3.47. The number of aryl methyl sites for hydroxylation is 1. The van der Waals surface area contributed by atoms with Crippen molar-refractivity contribution in [2.24, 2.45) is 7.05 Å². The predicted molar refractivity (Wildman–Crippen MR) is 115 cm³/mol. The number of nitrogens with zero attached hydrogens (tertiary/aromatic N) is 3. The second kappa shape index (κ2) is 6.93. The van der Waals surface area contributed by atoms with Crippen molar-refractivity contribution in [1.82, 2.24) is 19.7 Å². The molecule has 29 heavy (non-hydrogen) atoms. The molecule has 1 saturated heterocycles. The predicted octanol–water partition coefficient (Wildman–Crippen LogP) is 3.17. The van der Waals surface area contributed by atoms with Crippen molar-refractivity contribution in [1.29, 1.82) is 0 Å². The Morgan fingerprint density at radius 2 is 1.93 bits per heavy atom. The summed E-state index contributed by atoms with van der Waals surface area (Å²) in [5.41, 5.74) is 3.98. The summed E-state index contributed by atoms with van der Waals surface area (Å²) in [6.07, 6.45) is 2.22. The molecule has 148 valence electrons. The standard InChI is InChI=1S/C20H20N6O2S/c1-25-17(11-15(24-25)18-5-4-8-29-18)19(27)21-14-9-12-13(23-20(28)22-12)10-16(14)26-6-2-3-7-26/h4-5,8-11H,2-3,6-7H2,1H3,(H,21,27)(H2,22,23,28). The topological polar surface area (TPSA) is 98.8 Å². The van der Waals surface area contributed by atoms with E-state index in [4.69, 9.17) is 0 Å². The van der Waals surface area contributed by atoms with Crippen molar-refractivity contribution < 1.29 is 4.79 Å². The first kappa shape index (κ1) is 17.7. The molecule has 3 N–H and O–H groups in total. The summed E-state index contributed by atoms with van der Waals surface area (Å²) in [6, 6.07) is 9.48. The molecule has 3 aromatic heterocycles. The number of fused-ring (bicyclic) bond motifs is 1. The van der Waals surface area contributed by atoms with E-state index < -0.39 is 0 Å². The van der Waals surface area contributed by atoms with Gasteiger partial charge in [0.15, 0.2) is 0 Å². The molecule has 1 aliphatic heterocycles. The van der Waals surface area contributed by atoms with Gasteiger partial charge in [-0.3, -0.25) is 9.48 Å². The fraction of sp³-hybridized carbons (Fsp3) is 0.250. The van der Waals surface area contributed by atoms with E-state index in [1.165, 1.54) is 0 Å². The lowest BCUT2D eigenvalue weighted by Gasteiger charge is -2.21. The number of thiophene rings is 1. The fourth-order valence-electron chi connectivity index (χ4n) is 3.80. The number of hydrogen-bond acceptors (Lipinski definition) is 5. The third-order valence-corrected chi connectivity index (χ3v) is 6.11. The van der Waals surface area contributed by atoms with Gasteiger partial charge in [-0.1, -0.05) is 6.07 Å². The molecule has 9 heteroatoms. The molecule has 1 aliphatic rings. The van der Waals surface area contributed by atoms with Crippen LogP contribution in [-0.4, -0.2) is 38.7 Å². The van der Waals surface area contributed by atoms with E-state index in [2.05, 4.69) is 25.3 Å². The number of benzene rings is 1. The number of aromatic nitrogens is 4. The molecular formula is C20H20N6O2S. The van der Waals surface area contributed by atoms with Gasteiger partial charge in [0, 0.05) is 20.1 Å². The highest BCUT2D eigenvalue weighted by Gasteiger charge is 2.21. The van der Waals surface area contributed by atoms with Gasteiger partial charge in [-0.15, -0.1) is 11.3 Å². The van der Waals surface area contributed by atoms with Crippen LogP contribution < -0.4 is 15.9 Å². The van der Waals surface area contributed by atoms with Gasteiger partial charge in [-0.25, -0.2) is 4.79 Å². The highest BCUT2D eigenvalue weighted by Crippen LogP contribution is 2.33. The van der Waals surface area contributed by atoms with Crippen LogP contribution in [-0.2, 0) is 7.05 Å². The maximum Gasteiger partial charge on any atom is 0.323 e. The minimum Gasteiger partial charge on any atom is -0.370 e. The molecule has 1 fully saturated rings. The number of imidazole rings is 1. The van der Waals surface area contributed by atoms with Gasteiger partial charge in [0.05, 0.1) is 27.3 Å². The Labute approximate surface area is 170 Å². The van der Waals surface area contributed by atoms with Gasteiger partial charge in [0.25, 0.3) is 5.91 Å². The minimum absolute atomic E-state index is 0.236. The van der Waals surface area contributed by atoms with Gasteiger partial charge >= 0.3 is 5.69 Å². The van der Waals surface area contributed by atoms with Crippen molar-refractivity contribution in [3.63, 3.8) is 0 Å². The van der Waals surface area contributed by atoms with Gasteiger partial charge in [0.2, 0.25) is 0 Å². The third-order valence-electron chi connectivity index (χ3n) is 5.21. The number of nitrogens with one attached hydrogen (secondary N) is 3. The molecule has 0 spiro atoms. The second-order valence-corrected chi connectivity index (χ2v) is 8.11. The van der Waals surface area contributed by atoms with Crippen molar-refractivity contribution in [2.45, 2.75) is 12.8 Å². The lowest BCUT2D eigenvalue weighted by molar-refractivity contribution is 0.101. The van der Waals surface area contributed by atoms with Crippen molar-refractivity contribution in [3.05, 3.63) is 51.9 Å². The molecule has 8 nitrogen and oxygen atoms in total. The minimum atomic E-state index is -0.261. The van der Waals surface area contributed by atoms with E-state index in [1.807, 2.05) is 29.6 Å². The van der Waals surface area contributed by atoms with E-state index in [9.17, 15) is 9.59 Å². The molecule has 4 heterocycles. The van der Waals surface area contributed by atoms with Gasteiger partial charge in [-0.2, -0.15) is 5.10 Å². The van der Waals surface area contributed by atoms with Crippen LogP contribution in [0, 0.1) is 0 Å². The summed E-state index contributed by atoms with van der Waals surface area (Å²) in [4.78, 5) is 33.6. The fourth-order valence-corrected chi connectivity index (χ4v) is 4.48. The Morgan fingerprint density at radius 3 is 2.66 bits per heavy atom. The summed E-state index contributed by atoms with van der Waals surface area (Å²) >= 11 is 1.59. The number of amides is 1. The van der Waals surface area contributed by atoms with Crippen LogP contribution in [0.5, 0.6) is 0 Å². The van der Waals surface area contributed by atoms with Crippen molar-refractivity contribution >= 4 is 39.7 Å². The quantitative estimate of drug-likeness (QED) is 0.483. The first-order valence-corrected chi connectivity index (χ1v) is 10.4. The van der Waals surface area contributed by atoms with E-state index in [1.54, 1.807) is 29.1 Å². The number of hydrogen-bond donors (Lipinski definition) is 3. The van der Waals surface area contributed by atoms with E-state index in [0.29, 0.717) is 16.9 Å². The molecular weight excluding hydrogens is 388 g/mol. The number of aromatic amines is 2. The van der Waals surface area contributed by atoms with E-state index in [-0.39, 0.29) is 11.6 Å². The summed E-state index contributed by atoms with van der Waals surface area (Å²) < 4.78 is 1.59. The molecule has 0 atom stereocenters. The number of carbonyl (C=O) groups excluding carboxylic acids is 1. The van der Waals surface area contributed by atoms with Crippen LogP contribution >= 0.6 is 11.3 Å². The molecule has 0 unspecified atom stereocenters.